The lowest BCUT2D eigenvalue weighted by molar-refractivity contribution is 0.118. The number of pyridine rings is 2. The monoisotopic (exact) mass is 533 g/mol. The van der Waals surface area contributed by atoms with E-state index in [4.69, 9.17) is 22.1 Å². The number of aliphatic imine (C=N–C) groups is 2. The summed E-state index contributed by atoms with van der Waals surface area (Å²) in [5, 5.41) is 9.66. The fourth-order valence-electron chi connectivity index (χ4n) is 3.05. The Morgan fingerprint density at radius 1 is 1.35 bits per heavy atom. The van der Waals surface area contributed by atoms with E-state index >= 15 is 0 Å². The van der Waals surface area contributed by atoms with E-state index in [1.807, 2.05) is 0 Å². The maximum Gasteiger partial charge on any atom is 0.277 e. The van der Waals surface area contributed by atoms with E-state index in [1.54, 1.807) is 46.9 Å². The summed E-state index contributed by atoms with van der Waals surface area (Å²) in [6, 6.07) is 2.21. The van der Waals surface area contributed by atoms with Crippen LogP contribution < -0.4 is 16.0 Å². The molecule has 0 aliphatic heterocycles. The van der Waals surface area contributed by atoms with Gasteiger partial charge in [0, 0.05) is 35.4 Å². The van der Waals surface area contributed by atoms with E-state index in [0.717, 1.165) is 6.20 Å². The largest absolute Gasteiger partial charge is 0.485 e. The molecule has 2 aromatic heterocycles. The second-order valence-corrected chi connectivity index (χ2v) is 9.04. The lowest BCUT2D eigenvalue weighted by atomic mass is 10.1. The third-order valence-electron chi connectivity index (χ3n) is 5.14. The van der Waals surface area contributed by atoms with Gasteiger partial charge >= 0.3 is 0 Å². The first-order valence-corrected chi connectivity index (χ1v) is 11.5. The average molecular weight is 534 g/mol. The summed E-state index contributed by atoms with van der Waals surface area (Å²) in [4.78, 5) is 25.2. The second kappa shape index (κ2) is 12.6. The van der Waals surface area contributed by atoms with E-state index in [0.29, 0.717) is 28.7 Å². The van der Waals surface area contributed by atoms with Crippen molar-refractivity contribution in [1.82, 2.24) is 9.55 Å². The van der Waals surface area contributed by atoms with Gasteiger partial charge in [-0.25, -0.2) is 8.78 Å². The minimum absolute atomic E-state index is 0.0314. The molecule has 0 amide bonds. The highest BCUT2D eigenvalue weighted by molar-refractivity contribution is 6.31. The van der Waals surface area contributed by atoms with Crippen LogP contribution in [0.25, 0.3) is 5.70 Å². The fourth-order valence-corrected chi connectivity index (χ4v) is 3.25. The van der Waals surface area contributed by atoms with Gasteiger partial charge in [0.15, 0.2) is 5.82 Å². The molecule has 0 bridgehead atoms. The van der Waals surface area contributed by atoms with Crippen molar-refractivity contribution in [2.75, 3.05) is 6.67 Å². The van der Waals surface area contributed by atoms with Crippen LogP contribution in [0.4, 0.5) is 8.78 Å². The van der Waals surface area contributed by atoms with Crippen molar-refractivity contribution in [2.24, 2.45) is 15.7 Å². The Morgan fingerprint density at radius 2 is 2.03 bits per heavy atom. The first-order chi connectivity index (χ1) is 17.3. The van der Waals surface area contributed by atoms with Crippen LogP contribution in [-0.2, 0) is 6.61 Å². The predicted molar refractivity (Wildman–Crippen MR) is 143 cm³/mol. The molecule has 0 aliphatic carbocycles. The molecule has 2 heterocycles. The molecule has 2 rings (SSSR count). The van der Waals surface area contributed by atoms with Crippen molar-refractivity contribution in [3.63, 3.8) is 0 Å². The summed E-state index contributed by atoms with van der Waals surface area (Å²) >= 11 is 6.27. The highest BCUT2D eigenvalue weighted by atomic mass is 35.5. The molecular weight excluding hydrogens is 504 g/mol. The van der Waals surface area contributed by atoms with Crippen molar-refractivity contribution < 1.29 is 18.6 Å². The summed E-state index contributed by atoms with van der Waals surface area (Å²) < 4.78 is 33.8. The minimum atomic E-state index is -1.15. The highest BCUT2D eigenvalue weighted by Crippen LogP contribution is 2.25. The lowest BCUT2D eigenvalue weighted by Gasteiger charge is -2.17. The number of nitrogens with two attached hydrogens (primary N) is 1. The van der Waals surface area contributed by atoms with Crippen LogP contribution >= 0.6 is 11.6 Å². The van der Waals surface area contributed by atoms with Crippen LogP contribution in [0.2, 0.25) is 5.02 Å². The number of aliphatic hydroxyl groups is 1. The quantitative estimate of drug-likeness (QED) is 0.342. The first-order valence-electron chi connectivity index (χ1n) is 11.2. The summed E-state index contributed by atoms with van der Waals surface area (Å²) in [5.41, 5.74) is 6.36. The van der Waals surface area contributed by atoms with Gasteiger partial charge in [0.2, 0.25) is 0 Å². The predicted octanol–water partition coefficient (Wildman–Crippen LogP) is 4.58. The zero-order chi connectivity index (χ0) is 27.9. The van der Waals surface area contributed by atoms with Crippen molar-refractivity contribution in [3.8, 4) is 5.75 Å². The van der Waals surface area contributed by atoms with Gasteiger partial charge in [0.1, 0.15) is 35.6 Å². The van der Waals surface area contributed by atoms with Gasteiger partial charge in [0.25, 0.3) is 5.56 Å². The van der Waals surface area contributed by atoms with Gasteiger partial charge in [-0.1, -0.05) is 18.2 Å². The van der Waals surface area contributed by atoms with Gasteiger partial charge in [0.05, 0.1) is 17.5 Å². The summed E-state index contributed by atoms with van der Waals surface area (Å²) in [6.45, 7) is 11.8. The Hall–Kier alpha value is -3.63. The number of hydrogen-bond donors (Lipinski definition) is 2. The highest BCUT2D eigenvalue weighted by Gasteiger charge is 2.17. The Balaban J connectivity index is 2.28. The fraction of sp³-hybridized carbons (Fsp3) is 0.308. The first kappa shape index (κ1) is 29.6. The average Bonchev–Trinajstić information content (AvgIpc) is 2.81. The zero-order valence-corrected chi connectivity index (χ0v) is 22.1. The number of rotatable bonds is 10. The third-order valence-corrected chi connectivity index (χ3v) is 5.49. The molecule has 0 saturated heterocycles. The number of allylic oxidation sites excluding steroid dienone is 4. The number of nitrogens with zero attached hydrogens (tertiary/aromatic N) is 4. The Labute approximate surface area is 219 Å². The van der Waals surface area contributed by atoms with Crippen LogP contribution in [-0.4, -0.2) is 38.9 Å². The van der Waals surface area contributed by atoms with Crippen molar-refractivity contribution >= 4 is 29.2 Å². The second-order valence-electron chi connectivity index (χ2n) is 8.66. The standard InChI is InChI=1S/C26H30ClF2N5O3/c1-7-21(15(2)11-31-14-33-16(3)8-23(30)26(5,6)36)34-17(4)9-22(24(27)25(34)35)37-13-20-19(29)10-18(28)12-32-20/h7-12,36H,1,13-14,30H2,2-6H3/b21-15+,23-8?,31-11?,33-16?. The van der Waals surface area contributed by atoms with Gasteiger partial charge in [-0.2, -0.15) is 0 Å². The van der Waals surface area contributed by atoms with E-state index in [9.17, 15) is 18.7 Å². The molecule has 0 spiro atoms. The molecule has 0 radical (unpaired) electrons. The number of aryl methyl sites for hydroxylation is 1. The third kappa shape index (κ3) is 7.93. The molecule has 0 aromatic carbocycles. The van der Waals surface area contributed by atoms with Crippen LogP contribution in [0, 0.1) is 18.6 Å². The molecule has 8 nitrogen and oxygen atoms in total. The van der Waals surface area contributed by atoms with E-state index in [2.05, 4.69) is 21.5 Å². The smallest absolute Gasteiger partial charge is 0.277 e. The Bertz CT molecular complexity index is 1360. The minimum Gasteiger partial charge on any atom is -0.485 e. The van der Waals surface area contributed by atoms with Crippen LogP contribution in [0.5, 0.6) is 5.75 Å². The van der Waals surface area contributed by atoms with E-state index in [1.165, 1.54) is 16.7 Å². The molecule has 0 fully saturated rings. The number of aromatic nitrogens is 2. The molecule has 0 unspecified atom stereocenters. The van der Waals surface area contributed by atoms with Gasteiger partial charge < -0.3 is 15.6 Å². The number of hydrogen-bond acceptors (Lipinski definition) is 7. The molecule has 3 N–H and O–H groups in total. The lowest BCUT2D eigenvalue weighted by Crippen LogP contribution is -2.28. The van der Waals surface area contributed by atoms with Crippen LogP contribution in [0.3, 0.4) is 0 Å². The molecule has 2 aromatic rings. The van der Waals surface area contributed by atoms with Crippen LogP contribution in [0.1, 0.15) is 39.1 Å². The van der Waals surface area contributed by atoms with E-state index < -0.39 is 22.8 Å². The van der Waals surface area contributed by atoms with Crippen LogP contribution in [0.15, 0.2) is 63.1 Å². The zero-order valence-electron chi connectivity index (χ0n) is 21.3. The molecule has 0 saturated carbocycles. The molecule has 11 heteroatoms. The maximum absolute atomic E-state index is 13.9. The Morgan fingerprint density at radius 3 is 2.62 bits per heavy atom. The number of ether oxygens (including phenoxy) is 1. The van der Waals surface area contributed by atoms with Crippen molar-refractivity contribution in [1.29, 1.82) is 0 Å². The normalized spacial score (nSPS) is 13.6. The van der Waals surface area contributed by atoms with Crippen molar-refractivity contribution in [2.45, 2.75) is 46.8 Å². The Kier molecular flexibility index (Phi) is 10.0. The summed E-state index contributed by atoms with van der Waals surface area (Å²) in [6.07, 6.45) is 5.48. The summed E-state index contributed by atoms with van der Waals surface area (Å²) in [5.74, 6) is -1.65. The van der Waals surface area contributed by atoms with Gasteiger partial charge in [-0.05, 0) is 52.3 Å². The molecule has 37 heavy (non-hydrogen) atoms. The van der Waals surface area contributed by atoms with Crippen molar-refractivity contribution in [3.05, 3.63) is 86.7 Å². The van der Waals surface area contributed by atoms with Gasteiger partial charge in [-0.15, -0.1) is 0 Å². The maximum atomic E-state index is 13.9. The number of halogens is 3. The van der Waals surface area contributed by atoms with Gasteiger partial charge in [-0.3, -0.25) is 24.3 Å². The summed E-state index contributed by atoms with van der Waals surface area (Å²) in [7, 11) is 0. The molecule has 198 valence electrons. The molecule has 0 aliphatic rings. The molecule has 0 atom stereocenters. The van der Waals surface area contributed by atoms with E-state index in [-0.39, 0.29) is 35.4 Å². The molecular formula is C26H30ClF2N5O3. The topological polar surface area (TPSA) is 115 Å². The SMILES string of the molecule is C=C/C(=C(/C)C=NCN=C(C)C=C(N)C(C)(C)O)n1c(C)cc(OCc2ncc(F)cc2F)c(Cl)c1=O.